The Bertz CT molecular complexity index is 263. The fraction of sp³-hybridized carbons (Fsp3) is 0.500. The molecule has 0 saturated carbocycles. The van der Waals surface area contributed by atoms with E-state index in [9.17, 15) is 0 Å². The first-order chi connectivity index (χ1) is 6.27. The molecule has 0 fully saturated rings. The summed E-state index contributed by atoms with van der Waals surface area (Å²) < 4.78 is 0. The summed E-state index contributed by atoms with van der Waals surface area (Å²) in [6.07, 6.45) is 2.93. The summed E-state index contributed by atoms with van der Waals surface area (Å²) in [4.78, 5) is 6.41. The van der Waals surface area contributed by atoms with Gasteiger partial charge in [0, 0.05) is 25.7 Å². The highest BCUT2D eigenvalue weighted by Crippen LogP contribution is 2.12. The molecule has 0 radical (unpaired) electrons. The monoisotopic (exact) mass is 198 g/mol. The van der Waals surface area contributed by atoms with Gasteiger partial charge in [0.15, 0.2) is 0 Å². The zero-order valence-corrected chi connectivity index (χ0v) is 8.88. The van der Waals surface area contributed by atoms with Crippen molar-refractivity contribution in [2.75, 3.05) is 18.5 Å². The van der Waals surface area contributed by atoms with E-state index >= 15 is 0 Å². The van der Waals surface area contributed by atoms with Gasteiger partial charge in [-0.15, -0.1) is 11.6 Å². The Morgan fingerprint density at radius 1 is 1.54 bits per heavy atom. The van der Waals surface area contributed by atoms with Crippen LogP contribution in [0.1, 0.15) is 18.9 Å². The second-order valence-corrected chi connectivity index (χ2v) is 3.34. The minimum Gasteiger partial charge on any atom is -0.360 e. The van der Waals surface area contributed by atoms with Crippen molar-refractivity contribution < 1.29 is 0 Å². The van der Waals surface area contributed by atoms with E-state index in [1.54, 1.807) is 6.20 Å². The Morgan fingerprint density at radius 2 is 2.31 bits per heavy atom. The number of hydrogen-bond acceptors (Lipinski definition) is 2. The van der Waals surface area contributed by atoms with Crippen LogP contribution in [-0.4, -0.2) is 18.6 Å². The van der Waals surface area contributed by atoms with Crippen LogP contribution in [0.3, 0.4) is 0 Å². The van der Waals surface area contributed by atoms with E-state index in [0.717, 1.165) is 24.3 Å². The van der Waals surface area contributed by atoms with E-state index in [0.29, 0.717) is 5.88 Å². The average molecular weight is 199 g/mol. The predicted molar refractivity (Wildman–Crippen MR) is 57.4 cm³/mol. The minimum atomic E-state index is 0.551. The maximum atomic E-state index is 5.73. The Balaban J connectivity index is 2.75. The number of anilines is 1. The van der Waals surface area contributed by atoms with Crippen molar-refractivity contribution in [2.45, 2.75) is 19.2 Å². The fourth-order valence-electron chi connectivity index (χ4n) is 1.20. The molecule has 0 bridgehead atoms. The molecule has 0 saturated heterocycles. The van der Waals surface area contributed by atoms with Gasteiger partial charge >= 0.3 is 0 Å². The van der Waals surface area contributed by atoms with E-state index in [2.05, 4.69) is 16.8 Å². The maximum absolute atomic E-state index is 5.73. The molecule has 0 aliphatic heterocycles. The smallest absolute Gasteiger partial charge is 0.128 e. The van der Waals surface area contributed by atoms with Gasteiger partial charge in [0.1, 0.15) is 5.82 Å². The lowest BCUT2D eigenvalue weighted by Crippen LogP contribution is -2.18. The van der Waals surface area contributed by atoms with Crippen LogP contribution in [0, 0.1) is 0 Å². The Morgan fingerprint density at radius 3 is 2.92 bits per heavy atom. The van der Waals surface area contributed by atoms with E-state index in [-0.39, 0.29) is 0 Å². The van der Waals surface area contributed by atoms with Gasteiger partial charge in [-0.25, -0.2) is 4.98 Å². The van der Waals surface area contributed by atoms with Gasteiger partial charge in [0.05, 0.1) is 0 Å². The van der Waals surface area contributed by atoms with Crippen molar-refractivity contribution in [3.63, 3.8) is 0 Å². The average Bonchev–Trinajstić information content (AvgIpc) is 2.18. The van der Waals surface area contributed by atoms with Gasteiger partial charge in [-0.3, -0.25) is 0 Å². The number of alkyl halides is 1. The highest BCUT2D eigenvalue weighted by atomic mass is 35.5. The molecule has 1 aromatic rings. The van der Waals surface area contributed by atoms with E-state index in [1.807, 2.05) is 19.2 Å². The van der Waals surface area contributed by atoms with Crippen LogP contribution in [0.5, 0.6) is 0 Å². The maximum Gasteiger partial charge on any atom is 0.128 e. The van der Waals surface area contributed by atoms with Crippen LogP contribution in [0.25, 0.3) is 0 Å². The first kappa shape index (κ1) is 10.3. The highest BCUT2D eigenvalue weighted by molar-refractivity contribution is 6.17. The molecule has 3 heteroatoms. The van der Waals surface area contributed by atoms with Crippen molar-refractivity contribution in [2.24, 2.45) is 0 Å². The van der Waals surface area contributed by atoms with Crippen molar-refractivity contribution in [3.8, 4) is 0 Å². The lowest BCUT2D eigenvalue weighted by molar-refractivity contribution is 0.837. The third kappa shape index (κ3) is 2.88. The molecule has 1 rings (SSSR count). The molecule has 0 aromatic carbocycles. The summed E-state index contributed by atoms with van der Waals surface area (Å²) in [5, 5.41) is 0. The molecule has 0 atom stereocenters. The topological polar surface area (TPSA) is 16.1 Å². The summed E-state index contributed by atoms with van der Waals surface area (Å²) in [5.41, 5.74) is 1.12. The number of nitrogens with zero attached hydrogens (tertiary/aromatic N) is 2. The van der Waals surface area contributed by atoms with Crippen LogP contribution in [0.4, 0.5) is 5.82 Å². The second kappa shape index (κ2) is 5.07. The van der Waals surface area contributed by atoms with Crippen LogP contribution in [0.2, 0.25) is 0 Å². The Labute approximate surface area is 84.5 Å². The normalized spacial score (nSPS) is 10.1. The van der Waals surface area contributed by atoms with Crippen molar-refractivity contribution in [1.82, 2.24) is 4.98 Å². The third-order valence-electron chi connectivity index (χ3n) is 1.91. The standard InChI is InChI=1S/C10H15ClN2/c1-3-6-13(2)10-7-9(8-11)4-5-12-10/h4-5,7H,3,6,8H2,1-2H3. The molecule has 2 nitrogen and oxygen atoms in total. The number of hydrogen-bond donors (Lipinski definition) is 0. The van der Waals surface area contributed by atoms with Gasteiger partial charge in [0.25, 0.3) is 0 Å². The predicted octanol–water partition coefficient (Wildman–Crippen LogP) is 2.67. The largest absolute Gasteiger partial charge is 0.360 e. The van der Waals surface area contributed by atoms with Gasteiger partial charge < -0.3 is 4.90 Å². The summed E-state index contributed by atoms with van der Waals surface area (Å²) in [5.74, 6) is 1.55. The van der Waals surface area contributed by atoms with Gasteiger partial charge in [-0.05, 0) is 24.1 Å². The van der Waals surface area contributed by atoms with Crippen LogP contribution >= 0.6 is 11.6 Å². The van der Waals surface area contributed by atoms with Crippen LogP contribution < -0.4 is 4.90 Å². The number of aromatic nitrogens is 1. The number of pyridine rings is 1. The molecule has 0 N–H and O–H groups in total. The lowest BCUT2D eigenvalue weighted by atomic mass is 10.3. The molecule has 0 aliphatic carbocycles. The van der Waals surface area contributed by atoms with Crippen molar-refractivity contribution in [1.29, 1.82) is 0 Å². The summed E-state index contributed by atoms with van der Waals surface area (Å²) >= 11 is 5.73. The molecule has 1 aromatic heterocycles. The molecule has 0 unspecified atom stereocenters. The van der Waals surface area contributed by atoms with Gasteiger partial charge in [-0.2, -0.15) is 0 Å². The quantitative estimate of drug-likeness (QED) is 0.692. The lowest BCUT2D eigenvalue weighted by Gasteiger charge is -2.17. The molecule has 13 heavy (non-hydrogen) atoms. The van der Waals surface area contributed by atoms with E-state index in [1.165, 1.54) is 0 Å². The van der Waals surface area contributed by atoms with Crippen molar-refractivity contribution >= 4 is 17.4 Å². The molecule has 0 aliphatic rings. The fourth-order valence-corrected chi connectivity index (χ4v) is 1.37. The highest BCUT2D eigenvalue weighted by Gasteiger charge is 2.00. The SMILES string of the molecule is CCCN(C)c1cc(CCl)ccn1. The number of halogens is 1. The first-order valence-electron chi connectivity index (χ1n) is 4.50. The molecule has 72 valence electrons. The third-order valence-corrected chi connectivity index (χ3v) is 2.22. The zero-order valence-electron chi connectivity index (χ0n) is 8.13. The minimum absolute atomic E-state index is 0.551. The number of rotatable bonds is 4. The van der Waals surface area contributed by atoms with Crippen molar-refractivity contribution in [3.05, 3.63) is 23.9 Å². The Kier molecular flexibility index (Phi) is 4.03. The summed E-state index contributed by atoms with van der Waals surface area (Å²) in [6, 6.07) is 3.97. The molecule has 0 spiro atoms. The second-order valence-electron chi connectivity index (χ2n) is 3.08. The molecular formula is C10H15ClN2. The summed E-state index contributed by atoms with van der Waals surface area (Å²) in [6.45, 7) is 3.18. The van der Waals surface area contributed by atoms with Crippen LogP contribution in [-0.2, 0) is 5.88 Å². The first-order valence-corrected chi connectivity index (χ1v) is 5.03. The summed E-state index contributed by atoms with van der Waals surface area (Å²) in [7, 11) is 2.05. The van der Waals surface area contributed by atoms with Crippen LogP contribution in [0.15, 0.2) is 18.3 Å². The molecule has 1 heterocycles. The van der Waals surface area contributed by atoms with Gasteiger partial charge in [0.2, 0.25) is 0 Å². The Hall–Kier alpha value is -0.760. The van der Waals surface area contributed by atoms with E-state index in [4.69, 9.17) is 11.6 Å². The zero-order chi connectivity index (χ0) is 9.68. The van der Waals surface area contributed by atoms with E-state index < -0.39 is 0 Å². The molecular weight excluding hydrogens is 184 g/mol. The molecule has 0 amide bonds. The van der Waals surface area contributed by atoms with Gasteiger partial charge in [-0.1, -0.05) is 6.92 Å².